The van der Waals surface area contributed by atoms with Gasteiger partial charge >= 0.3 is 0 Å². The molecule has 0 spiro atoms. The lowest BCUT2D eigenvalue weighted by atomic mass is 9.98. The third-order valence-electron chi connectivity index (χ3n) is 2.91. The van der Waals surface area contributed by atoms with E-state index in [-0.39, 0.29) is 0 Å². The van der Waals surface area contributed by atoms with Crippen molar-refractivity contribution in [1.82, 2.24) is 4.90 Å². The van der Waals surface area contributed by atoms with Gasteiger partial charge in [0.15, 0.2) is 0 Å². The maximum absolute atomic E-state index is 5.55. The molecule has 70 valence electrons. The number of hydrogen-bond donors (Lipinski definition) is 1. The third-order valence-corrected chi connectivity index (χ3v) is 2.91. The van der Waals surface area contributed by atoms with Crippen LogP contribution in [0.25, 0.3) is 0 Å². The first kappa shape index (κ1) is 8.48. The molecule has 1 unspecified atom stereocenters. The second-order valence-electron chi connectivity index (χ2n) is 4.05. The summed E-state index contributed by atoms with van der Waals surface area (Å²) in [6, 6.07) is 0. The third kappa shape index (κ3) is 1.79. The minimum Gasteiger partial charge on any atom is -0.381 e. The molecule has 1 atom stereocenters. The van der Waals surface area contributed by atoms with E-state index in [1.54, 1.807) is 0 Å². The summed E-state index contributed by atoms with van der Waals surface area (Å²) in [5, 5.41) is 0. The first-order valence-electron chi connectivity index (χ1n) is 4.88. The highest BCUT2D eigenvalue weighted by atomic mass is 16.5. The molecule has 0 aromatic carbocycles. The van der Waals surface area contributed by atoms with Gasteiger partial charge in [0.2, 0.25) is 0 Å². The van der Waals surface area contributed by atoms with Crippen molar-refractivity contribution in [3.05, 3.63) is 0 Å². The van der Waals surface area contributed by atoms with Gasteiger partial charge in [0.05, 0.1) is 6.61 Å². The number of likely N-dealkylation sites (tertiary alicyclic amines) is 1. The Morgan fingerprint density at radius 2 is 2.17 bits per heavy atom. The molecule has 2 saturated heterocycles. The summed E-state index contributed by atoms with van der Waals surface area (Å²) in [5.41, 5.74) is 5.55. The minimum atomic E-state index is 0.771. The van der Waals surface area contributed by atoms with E-state index in [4.69, 9.17) is 10.5 Å². The van der Waals surface area contributed by atoms with E-state index < -0.39 is 0 Å². The van der Waals surface area contributed by atoms with Crippen molar-refractivity contribution in [2.75, 3.05) is 39.4 Å². The Morgan fingerprint density at radius 1 is 1.33 bits per heavy atom. The molecule has 2 aliphatic rings. The van der Waals surface area contributed by atoms with Crippen molar-refractivity contribution in [3.63, 3.8) is 0 Å². The van der Waals surface area contributed by atoms with Gasteiger partial charge in [-0.15, -0.1) is 0 Å². The molecule has 2 heterocycles. The van der Waals surface area contributed by atoms with Crippen molar-refractivity contribution in [2.45, 2.75) is 6.42 Å². The van der Waals surface area contributed by atoms with Gasteiger partial charge < -0.3 is 15.4 Å². The van der Waals surface area contributed by atoms with Crippen LogP contribution in [0.1, 0.15) is 6.42 Å². The van der Waals surface area contributed by atoms with Gasteiger partial charge in [-0.05, 0) is 24.8 Å². The van der Waals surface area contributed by atoms with E-state index in [2.05, 4.69) is 4.90 Å². The van der Waals surface area contributed by atoms with Crippen LogP contribution in [0.2, 0.25) is 0 Å². The monoisotopic (exact) mass is 170 g/mol. The summed E-state index contributed by atoms with van der Waals surface area (Å²) < 4.78 is 5.33. The van der Waals surface area contributed by atoms with Crippen LogP contribution in [0, 0.1) is 11.8 Å². The molecular formula is C9H18N2O. The normalized spacial score (nSPS) is 32.2. The number of nitrogens with zero attached hydrogens (tertiary/aromatic N) is 1. The molecule has 2 rings (SSSR count). The molecule has 2 aliphatic heterocycles. The van der Waals surface area contributed by atoms with E-state index in [9.17, 15) is 0 Å². The zero-order valence-electron chi connectivity index (χ0n) is 7.54. The zero-order chi connectivity index (χ0) is 8.39. The summed E-state index contributed by atoms with van der Waals surface area (Å²) in [4.78, 5) is 2.50. The van der Waals surface area contributed by atoms with Crippen LogP contribution in [0.15, 0.2) is 0 Å². The van der Waals surface area contributed by atoms with Crippen LogP contribution in [-0.2, 0) is 4.74 Å². The molecule has 0 bridgehead atoms. The molecule has 0 radical (unpaired) electrons. The van der Waals surface area contributed by atoms with E-state index >= 15 is 0 Å². The molecule has 0 amide bonds. The van der Waals surface area contributed by atoms with Gasteiger partial charge in [0.25, 0.3) is 0 Å². The van der Waals surface area contributed by atoms with Crippen LogP contribution in [0.3, 0.4) is 0 Å². The van der Waals surface area contributed by atoms with Gasteiger partial charge in [-0.2, -0.15) is 0 Å². The lowest BCUT2D eigenvalue weighted by Gasteiger charge is -2.39. The molecule has 12 heavy (non-hydrogen) atoms. The maximum atomic E-state index is 5.55. The Labute approximate surface area is 73.9 Å². The molecule has 2 fully saturated rings. The topological polar surface area (TPSA) is 38.5 Å². The van der Waals surface area contributed by atoms with Crippen molar-refractivity contribution >= 4 is 0 Å². The largest absolute Gasteiger partial charge is 0.381 e. The highest BCUT2D eigenvalue weighted by Gasteiger charge is 2.28. The van der Waals surface area contributed by atoms with Gasteiger partial charge in [-0.3, -0.25) is 0 Å². The standard InChI is InChI=1S/C9H18N2O/c10-3-9-5-11(6-9)4-8-1-2-12-7-8/h8-9H,1-7,10H2. The Balaban J connectivity index is 1.62. The molecule has 0 aromatic rings. The fraction of sp³-hybridized carbons (Fsp3) is 1.00. The van der Waals surface area contributed by atoms with Crippen molar-refractivity contribution in [2.24, 2.45) is 17.6 Å². The van der Waals surface area contributed by atoms with E-state index in [1.807, 2.05) is 0 Å². The number of hydrogen-bond acceptors (Lipinski definition) is 3. The van der Waals surface area contributed by atoms with Gasteiger partial charge in [-0.25, -0.2) is 0 Å². The molecule has 0 saturated carbocycles. The van der Waals surface area contributed by atoms with Crippen LogP contribution < -0.4 is 5.73 Å². The molecule has 3 heteroatoms. The summed E-state index contributed by atoms with van der Waals surface area (Å²) in [6.07, 6.45) is 1.25. The average Bonchev–Trinajstić information content (AvgIpc) is 2.47. The number of nitrogens with two attached hydrogens (primary N) is 1. The predicted octanol–water partition coefficient (Wildman–Crippen LogP) is -0.0866. The van der Waals surface area contributed by atoms with Crippen molar-refractivity contribution in [3.8, 4) is 0 Å². The van der Waals surface area contributed by atoms with Crippen LogP contribution in [0.5, 0.6) is 0 Å². The quantitative estimate of drug-likeness (QED) is 0.643. The fourth-order valence-electron chi connectivity index (χ4n) is 2.07. The molecule has 0 aromatic heterocycles. The van der Waals surface area contributed by atoms with E-state index in [1.165, 1.54) is 26.1 Å². The lowest BCUT2D eigenvalue weighted by Crippen LogP contribution is -2.51. The Bertz CT molecular complexity index is 139. The highest BCUT2D eigenvalue weighted by Crippen LogP contribution is 2.20. The van der Waals surface area contributed by atoms with Crippen LogP contribution in [0.4, 0.5) is 0 Å². The van der Waals surface area contributed by atoms with Gasteiger partial charge in [0.1, 0.15) is 0 Å². The highest BCUT2D eigenvalue weighted by molar-refractivity contribution is 4.82. The predicted molar refractivity (Wildman–Crippen MR) is 47.9 cm³/mol. The van der Waals surface area contributed by atoms with Crippen LogP contribution in [-0.4, -0.2) is 44.3 Å². The summed E-state index contributed by atoms with van der Waals surface area (Å²) in [5.74, 6) is 1.57. The van der Waals surface area contributed by atoms with Crippen LogP contribution >= 0.6 is 0 Å². The Hall–Kier alpha value is -0.120. The second kappa shape index (κ2) is 3.73. The smallest absolute Gasteiger partial charge is 0.0507 e. The first-order chi connectivity index (χ1) is 5.88. The second-order valence-corrected chi connectivity index (χ2v) is 4.05. The minimum absolute atomic E-state index is 0.771. The van der Waals surface area contributed by atoms with Crippen molar-refractivity contribution < 1.29 is 4.74 Å². The summed E-state index contributed by atoms with van der Waals surface area (Å²) in [7, 11) is 0. The molecule has 3 nitrogen and oxygen atoms in total. The van der Waals surface area contributed by atoms with Crippen molar-refractivity contribution in [1.29, 1.82) is 0 Å². The molecular weight excluding hydrogens is 152 g/mol. The maximum Gasteiger partial charge on any atom is 0.0507 e. The van der Waals surface area contributed by atoms with Gasteiger partial charge in [0, 0.05) is 26.2 Å². The Kier molecular flexibility index (Phi) is 2.63. The number of rotatable bonds is 3. The average molecular weight is 170 g/mol. The summed E-state index contributed by atoms with van der Waals surface area (Å²) in [6.45, 7) is 6.47. The number of ether oxygens (including phenoxy) is 1. The first-order valence-corrected chi connectivity index (χ1v) is 4.88. The molecule has 2 N–H and O–H groups in total. The lowest BCUT2D eigenvalue weighted by molar-refractivity contribution is 0.0810. The molecule has 0 aliphatic carbocycles. The zero-order valence-corrected chi connectivity index (χ0v) is 7.54. The van der Waals surface area contributed by atoms with E-state index in [0.717, 1.165) is 31.6 Å². The van der Waals surface area contributed by atoms with Gasteiger partial charge in [-0.1, -0.05) is 0 Å². The Morgan fingerprint density at radius 3 is 2.75 bits per heavy atom. The van der Waals surface area contributed by atoms with E-state index in [0.29, 0.717) is 0 Å². The summed E-state index contributed by atoms with van der Waals surface area (Å²) >= 11 is 0. The SMILES string of the molecule is NCC1CN(CC2CCOC2)C1. The fourth-order valence-corrected chi connectivity index (χ4v) is 2.07.